The van der Waals surface area contributed by atoms with E-state index in [1.807, 2.05) is 18.2 Å². The molecule has 3 heteroatoms. The molecule has 0 aliphatic rings. The molecule has 1 N–H and O–H groups in total. The molecule has 14 heavy (non-hydrogen) atoms. The van der Waals surface area contributed by atoms with Gasteiger partial charge in [0.1, 0.15) is 0 Å². The maximum atomic E-state index is 8.80. The van der Waals surface area contributed by atoms with Crippen LogP contribution < -0.4 is 0 Å². The summed E-state index contributed by atoms with van der Waals surface area (Å²) >= 11 is 1.71. The van der Waals surface area contributed by atoms with E-state index in [-0.39, 0.29) is 0 Å². The first kappa shape index (κ1) is 9.17. The molecule has 0 saturated carbocycles. The third kappa shape index (κ3) is 1.28. The normalized spacial score (nSPS) is 10.4. The maximum absolute atomic E-state index is 8.80. The molecular weight excluding hydrogens is 192 g/mol. The van der Waals surface area contributed by atoms with E-state index in [9.17, 15) is 0 Å². The highest BCUT2D eigenvalue weighted by Crippen LogP contribution is 2.30. The van der Waals surface area contributed by atoms with Crippen LogP contribution in [-0.2, 0) is 0 Å². The molecule has 0 radical (unpaired) electrons. The largest absolute Gasteiger partial charge is 0.358 e. The van der Waals surface area contributed by atoms with Crippen LogP contribution in [0.3, 0.4) is 0 Å². The fraction of sp³-hybridized carbons (Fsp3) is 0.182. The molecule has 0 bridgehead atoms. The number of nitrogens with zero attached hydrogens (tertiary/aromatic N) is 1. The highest BCUT2D eigenvalue weighted by atomic mass is 32.2. The molecule has 0 atom stereocenters. The second kappa shape index (κ2) is 3.39. The lowest BCUT2D eigenvalue weighted by Crippen LogP contribution is -1.74. The van der Waals surface area contributed by atoms with E-state index in [1.54, 1.807) is 11.8 Å². The van der Waals surface area contributed by atoms with Crippen LogP contribution in [0.5, 0.6) is 0 Å². The second-order valence-corrected chi connectivity index (χ2v) is 3.97. The van der Waals surface area contributed by atoms with Gasteiger partial charge in [-0.3, -0.25) is 0 Å². The van der Waals surface area contributed by atoms with Gasteiger partial charge in [-0.25, -0.2) is 0 Å². The van der Waals surface area contributed by atoms with Gasteiger partial charge in [0.15, 0.2) is 0 Å². The monoisotopic (exact) mass is 202 g/mol. The van der Waals surface area contributed by atoms with Gasteiger partial charge in [0.25, 0.3) is 0 Å². The number of thioether (sulfide) groups is 1. The van der Waals surface area contributed by atoms with E-state index < -0.39 is 0 Å². The summed E-state index contributed by atoms with van der Waals surface area (Å²) in [5, 5.41) is 9.95. The van der Waals surface area contributed by atoms with Gasteiger partial charge in [-0.2, -0.15) is 5.26 Å². The standard InChI is InChI=1S/C11H10N2S/c1-7-11(14-2)9-5-8(6-12)3-4-10(9)13-7/h3-5,13H,1-2H3. The van der Waals surface area contributed by atoms with E-state index in [2.05, 4.69) is 24.2 Å². The van der Waals surface area contributed by atoms with Crippen LogP contribution in [0.25, 0.3) is 10.9 Å². The Morgan fingerprint density at radius 1 is 1.43 bits per heavy atom. The summed E-state index contributed by atoms with van der Waals surface area (Å²) in [6, 6.07) is 7.89. The SMILES string of the molecule is CSc1c(C)[nH]c2ccc(C#N)cc12. The molecule has 2 rings (SSSR count). The third-order valence-electron chi connectivity index (χ3n) is 2.26. The van der Waals surface area contributed by atoms with Gasteiger partial charge in [-0.1, -0.05) is 0 Å². The second-order valence-electron chi connectivity index (χ2n) is 3.16. The Labute approximate surface area is 86.9 Å². The molecule has 0 amide bonds. The first-order valence-corrected chi connectivity index (χ1v) is 5.55. The Hall–Kier alpha value is -1.40. The Kier molecular flexibility index (Phi) is 2.22. The fourth-order valence-corrected chi connectivity index (χ4v) is 2.38. The number of H-pyrrole nitrogens is 1. The van der Waals surface area contributed by atoms with Gasteiger partial charge >= 0.3 is 0 Å². The van der Waals surface area contributed by atoms with Gasteiger partial charge in [0, 0.05) is 21.5 Å². The summed E-state index contributed by atoms with van der Waals surface area (Å²) in [5.41, 5.74) is 2.99. The van der Waals surface area contributed by atoms with Crippen molar-refractivity contribution in [3.63, 3.8) is 0 Å². The Balaban J connectivity index is 2.79. The lowest BCUT2D eigenvalue weighted by atomic mass is 10.2. The van der Waals surface area contributed by atoms with Crippen LogP contribution in [-0.4, -0.2) is 11.2 Å². The lowest BCUT2D eigenvalue weighted by Gasteiger charge is -1.94. The quantitative estimate of drug-likeness (QED) is 0.722. The highest BCUT2D eigenvalue weighted by molar-refractivity contribution is 7.98. The molecule has 1 heterocycles. The summed E-state index contributed by atoms with van der Waals surface area (Å²) in [4.78, 5) is 4.53. The van der Waals surface area contributed by atoms with Crippen molar-refractivity contribution in [3.05, 3.63) is 29.5 Å². The van der Waals surface area contributed by atoms with Gasteiger partial charge < -0.3 is 4.98 Å². The van der Waals surface area contributed by atoms with Crippen LogP contribution in [0.15, 0.2) is 23.1 Å². The predicted molar refractivity (Wildman–Crippen MR) is 59.5 cm³/mol. The number of hydrogen-bond donors (Lipinski definition) is 1. The average Bonchev–Trinajstić information content (AvgIpc) is 2.52. The van der Waals surface area contributed by atoms with Crippen LogP contribution in [0.4, 0.5) is 0 Å². The van der Waals surface area contributed by atoms with Crippen molar-refractivity contribution in [2.75, 3.05) is 6.26 Å². The van der Waals surface area contributed by atoms with E-state index in [0.717, 1.165) is 10.9 Å². The van der Waals surface area contributed by atoms with Crippen LogP contribution >= 0.6 is 11.8 Å². The molecule has 0 spiro atoms. The minimum absolute atomic E-state index is 0.715. The minimum atomic E-state index is 0.715. The van der Waals surface area contributed by atoms with Gasteiger partial charge in [0.05, 0.1) is 11.6 Å². The predicted octanol–water partition coefficient (Wildman–Crippen LogP) is 3.07. The first-order chi connectivity index (χ1) is 6.76. The number of hydrogen-bond acceptors (Lipinski definition) is 2. The minimum Gasteiger partial charge on any atom is -0.358 e. The molecule has 0 aliphatic carbocycles. The van der Waals surface area contributed by atoms with E-state index in [4.69, 9.17) is 5.26 Å². The van der Waals surface area contributed by atoms with E-state index in [0.29, 0.717) is 5.56 Å². The topological polar surface area (TPSA) is 39.6 Å². The van der Waals surface area contributed by atoms with Crippen LogP contribution in [0.1, 0.15) is 11.3 Å². The fourth-order valence-electron chi connectivity index (χ4n) is 1.63. The van der Waals surface area contributed by atoms with E-state index >= 15 is 0 Å². The van der Waals surface area contributed by atoms with Crippen molar-refractivity contribution in [2.45, 2.75) is 11.8 Å². The Bertz CT molecular complexity index is 520. The number of rotatable bonds is 1. The molecule has 0 aliphatic heterocycles. The maximum Gasteiger partial charge on any atom is 0.0991 e. The van der Waals surface area contributed by atoms with Crippen molar-refractivity contribution in [1.29, 1.82) is 5.26 Å². The molecule has 0 fully saturated rings. The van der Waals surface area contributed by atoms with Gasteiger partial charge in [-0.05, 0) is 31.4 Å². The van der Waals surface area contributed by atoms with E-state index in [1.165, 1.54) is 10.6 Å². The van der Waals surface area contributed by atoms with Crippen molar-refractivity contribution in [1.82, 2.24) is 4.98 Å². The molecule has 70 valence electrons. The lowest BCUT2D eigenvalue weighted by molar-refractivity contribution is 1.23. The first-order valence-electron chi connectivity index (χ1n) is 4.32. The van der Waals surface area contributed by atoms with Crippen LogP contribution in [0, 0.1) is 18.3 Å². The summed E-state index contributed by atoms with van der Waals surface area (Å²) in [5.74, 6) is 0. The molecular formula is C11H10N2S. The molecule has 2 aromatic rings. The molecule has 2 nitrogen and oxygen atoms in total. The number of aromatic amines is 1. The molecule has 1 aromatic heterocycles. The van der Waals surface area contributed by atoms with Crippen molar-refractivity contribution >= 4 is 22.7 Å². The number of nitrogens with one attached hydrogen (secondary N) is 1. The number of nitriles is 1. The number of aryl methyl sites for hydroxylation is 1. The number of aromatic nitrogens is 1. The molecule has 0 saturated heterocycles. The molecule has 1 aromatic carbocycles. The summed E-state index contributed by atoms with van der Waals surface area (Å²) in [6.45, 7) is 2.05. The van der Waals surface area contributed by atoms with Crippen LogP contribution in [0.2, 0.25) is 0 Å². The third-order valence-corrected chi connectivity index (χ3v) is 3.19. The summed E-state index contributed by atoms with van der Waals surface area (Å²) in [7, 11) is 0. The average molecular weight is 202 g/mol. The zero-order valence-electron chi connectivity index (χ0n) is 8.09. The zero-order chi connectivity index (χ0) is 10.1. The summed E-state index contributed by atoms with van der Waals surface area (Å²) in [6.07, 6.45) is 2.05. The van der Waals surface area contributed by atoms with Crippen molar-refractivity contribution in [2.24, 2.45) is 0 Å². The number of benzene rings is 1. The Morgan fingerprint density at radius 2 is 2.21 bits per heavy atom. The molecule has 0 unspecified atom stereocenters. The van der Waals surface area contributed by atoms with Crippen molar-refractivity contribution in [3.8, 4) is 6.07 Å². The highest BCUT2D eigenvalue weighted by Gasteiger charge is 2.07. The van der Waals surface area contributed by atoms with Gasteiger partial charge in [0.2, 0.25) is 0 Å². The smallest absolute Gasteiger partial charge is 0.0991 e. The van der Waals surface area contributed by atoms with Gasteiger partial charge in [-0.15, -0.1) is 11.8 Å². The Morgan fingerprint density at radius 3 is 2.86 bits per heavy atom. The number of fused-ring (bicyclic) bond motifs is 1. The van der Waals surface area contributed by atoms with Crippen molar-refractivity contribution < 1.29 is 0 Å². The summed E-state index contributed by atoms with van der Waals surface area (Å²) < 4.78 is 0. The zero-order valence-corrected chi connectivity index (χ0v) is 8.90.